The molecule has 1 aliphatic heterocycles. The quantitative estimate of drug-likeness (QED) is 0.807. The molecule has 1 heterocycles. The molecule has 5 heteroatoms. The second-order valence-electron chi connectivity index (χ2n) is 6.19. The van der Waals surface area contributed by atoms with E-state index in [0.717, 1.165) is 32.4 Å². The fourth-order valence-electron chi connectivity index (χ4n) is 3.62. The van der Waals surface area contributed by atoms with Crippen LogP contribution in [0.4, 0.5) is 4.79 Å². The topological polar surface area (TPSA) is 61.8 Å². The Balaban J connectivity index is 1.89. The van der Waals surface area contributed by atoms with E-state index in [0.29, 0.717) is 18.0 Å². The lowest BCUT2D eigenvalue weighted by Gasteiger charge is -2.38. The normalized spacial score (nSPS) is 27.8. The molecule has 0 radical (unpaired) electrons. The van der Waals surface area contributed by atoms with Crippen LogP contribution in [-0.2, 0) is 4.74 Å². The minimum Gasteiger partial charge on any atom is -0.453 e. The molecule has 0 spiro atoms. The minimum absolute atomic E-state index is 0.225. The fraction of sp³-hybridized carbons (Fsp3) is 0.933. The van der Waals surface area contributed by atoms with Crippen LogP contribution in [0.3, 0.4) is 0 Å². The first kappa shape index (κ1) is 15.6. The molecule has 1 saturated heterocycles. The molecule has 0 aromatic rings. The molecule has 2 atom stereocenters. The van der Waals surface area contributed by atoms with Gasteiger partial charge in [-0.3, -0.25) is 0 Å². The third-order valence-electron chi connectivity index (χ3n) is 4.57. The van der Waals surface area contributed by atoms with Crippen molar-refractivity contribution < 1.29 is 14.6 Å². The number of ether oxygens (including phenoxy) is 1. The number of nitrogens with zero attached hydrogens (tertiary/aromatic N) is 1. The van der Waals surface area contributed by atoms with Crippen LogP contribution in [0.5, 0.6) is 0 Å². The number of aliphatic hydroxyl groups is 1. The van der Waals surface area contributed by atoms with Crippen molar-refractivity contribution in [2.45, 2.75) is 57.0 Å². The van der Waals surface area contributed by atoms with Gasteiger partial charge < -0.3 is 20.1 Å². The lowest BCUT2D eigenvalue weighted by molar-refractivity contribution is 0.0854. The van der Waals surface area contributed by atoms with Crippen molar-refractivity contribution in [3.63, 3.8) is 0 Å². The van der Waals surface area contributed by atoms with E-state index in [2.05, 4.69) is 5.32 Å². The van der Waals surface area contributed by atoms with Crippen LogP contribution in [-0.4, -0.2) is 55.0 Å². The highest BCUT2D eigenvalue weighted by Crippen LogP contribution is 2.25. The molecule has 0 aromatic heterocycles. The fourth-order valence-corrected chi connectivity index (χ4v) is 3.62. The monoisotopic (exact) mass is 284 g/mol. The van der Waals surface area contributed by atoms with Crippen molar-refractivity contribution in [2.75, 3.05) is 26.8 Å². The van der Waals surface area contributed by atoms with Gasteiger partial charge in [-0.2, -0.15) is 0 Å². The number of hydrogen-bond acceptors (Lipinski definition) is 4. The van der Waals surface area contributed by atoms with Crippen LogP contribution < -0.4 is 5.32 Å². The van der Waals surface area contributed by atoms with Gasteiger partial charge in [-0.25, -0.2) is 4.79 Å². The third-order valence-corrected chi connectivity index (χ3v) is 4.57. The molecule has 2 unspecified atom stereocenters. The van der Waals surface area contributed by atoms with Gasteiger partial charge in [-0.05, 0) is 38.0 Å². The SMILES string of the molecule is COC(=O)N1CC(CCCO)CC(NC2CCCC2)C1. The van der Waals surface area contributed by atoms with Crippen LogP contribution in [0.2, 0.25) is 0 Å². The van der Waals surface area contributed by atoms with Gasteiger partial charge in [0.2, 0.25) is 0 Å². The van der Waals surface area contributed by atoms with Gasteiger partial charge in [0, 0.05) is 31.8 Å². The average molecular weight is 284 g/mol. The first-order valence-corrected chi connectivity index (χ1v) is 7.92. The zero-order chi connectivity index (χ0) is 14.4. The van der Waals surface area contributed by atoms with E-state index in [1.165, 1.54) is 32.8 Å². The Bertz CT molecular complexity index is 305. The standard InChI is InChI=1S/C15H28N2O3/c1-20-15(19)17-10-12(5-4-8-18)9-14(11-17)16-13-6-2-3-7-13/h12-14,16,18H,2-11H2,1H3. The molecular formula is C15H28N2O3. The second kappa shape index (κ2) is 7.84. The average Bonchev–Trinajstić information content (AvgIpc) is 2.96. The highest BCUT2D eigenvalue weighted by Gasteiger charge is 2.31. The molecule has 2 rings (SSSR count). The van der Waals surface area contributed by atoms with Gasteiger partial charge in [-0.1, -0.05) is 12.8 Å². The molecule has 2 fully saturated rings. The Kier molecular flexibility index (Phi) is 6.10. The molecule has 116 valence electrons. The molecule has 2 N–H and O–H groups in total. The van der Waals surface area contributed by atoms with Gasteiger partial charge in [-0.15, -0.1) is 0 Å². The summed E-state index contributed by atoms with van der Waals surface area (Å²) >= 11 is 0. The van der Waals surface area contributed by atoms with E-state index in [1.807, 2.05) is 4.90 Å². The van der Waals surface area contributed by atoms with Crippen molar-refractivity contribution in [2.24, 2.45) is 5.92 Å². The first-order valence-electron chi connectivity index (χ1n) is 7.92. The largest absolute Gasteiger partial charge is 0.453 e. The Morgan fingerprint density at radius 3 is 2.70 bits per heavy atom. The number of piperidine rings is 1. The summed E-state index contributed by atoms with van der Waals surface area (Å²) in [6, 6.07) is 0.991. The van der Waals surface area contributed by atoms with Gasteiger partial charge >= 0.3 is 6.09 Å². The summed E-state index contributed by atoms with van der Waals surface area (Å²) in [5.74, 6) is 0.467. The number of likely N-dealkylation sites (tertiary alicyclic amines) is 1. The molecule has 2 aliphatic rings. The summed E-state index contributed by atoms with van der Waals surface area (Å²) in [5, 5.41) is 12.7. The summed E-state index contributed by atoms with van der Waals surface area (Å²) in [6.07, 6.45) is 7.83. The van der Waals surface area contributed by atoms with E-state index in [9.17, 15) is 4.79 Å². The number of methoxy groups -OCH3 is 1. The molecule has 1 aliphatic carbocycles. The predicted molar refractivity (Wildman–Crippen MR) is 77.6 cm³/mol. The van der Waals surface area contributed by atoms with Crippen LogP contribution in [0, 0.1) is 5.92 Å². The molecular weight excluding hydrogens is 256 g/mol. The van der Waals surface area contributed by atoms with E-state index >= 15 is 0 Å². The maximum Gasteiger partial charge on any atom is 0.409 e. The maximum absolute atomic E-state index is 11.8. The Morgan fingerprint density at radius 1 is 1.30 bits per heavy atom. The Hall–Kier alpha value is -0.810. The minimum atomic E-state index is -0.225. The smallest absolute Gasteiger partial charge is 0.409 e. The molecule has 1 amide bonds. The van der Waals surface area contributed by atoms with Crippen LogP contribution in [0.1, 0.15) is 44.9 Å². The summed E-state index contributed by atoms with van der Waals surface area (Å²) in [5.41, 5.74) is 0. The predicted octanol–water partition coefficient (Wildman–Crippen LogP) is 1.75. The van der Waals surface area contributed by atoms with E-state index in [-0.39, 0.29) is 12.7 Å². The second-order valence-corrected chi connectivity index (χ2v) is 6.19. The number of rotatable bonds is 5. The maximum atomic E-state index is 11.8. The number of nitrogens with one attached hydrogen (secondary N) is 1. The van der Waals surface area contributed by atoms with E-state index in [1.54, 1.807) is 0 Å². The number of carbonyl (C=O) groups is 1. The van der Waals surface area contributed by atoms with E-state index in [4.69, 9.17) is 9.84 Å². The van der Waals surface area contributed by atoms with Crippen molar-refractivity contribution in [1.82, 2.24) is 10.2 Å². The lowest BCUT2D eigenvalue weighted by atomic mass is 9.90. The Morgan fingerprint density at radius 2 is 2.05 bits per heavy atom. The summed E-state index contributed by atoms with van der Waals surface area (Å²) in [6.45, 7) is 1.74. The van der Waals surface area contributed by atoms with E-state index < -0.39 is 0 Å². The number of carbonyl (C=O) groups excluding carboxylic acids is 1. The van der Waals surface area contributed by atoms with Gasteiger partial charge in [0.15, 0.2) is 0 Å². The highest BCUT2D eigenvalue weighted by atomic mass is 16.5. The van der Waals surface area contributed by atoms with Crippen molar-refractivity contribution in [3.05, 3.63) is 0 Å². The zero-order valence-electron chi connectivity index (χ0n) is 12.5. The highest BCUT2D eigenvalue weighted by molar-refractivity contribution is 5.67. The number of aliphatic hydroxyl groups excluding tert-OH is 1. The van der Waals surface area contributed by atoms with Crippen LogP contribution in [0.15, 0.2) is 0 Å². The van der Waals surface area contributed by atoms with Crippen LogP contribution in [0.25, 0.3) is 0 Å². The van der Waals surface area contributed by atoms with Gasteiger partial charge in [0.1, 0.15) is 0 Å². The van der Waals surface area contributed by atoms with Crippen molar-refractivity contribution in [3.8, 4) is 0 Å². The Labute approximate surface area is 121 Å². The van der Waals surface area contributed by atoms with Crippen LogP contribution >= 0.6 is 0 Å². The van der Waals surface area contributed by atoms with Crippen molar-refractivity contribution in [1.29, 1.82) is 0 Å². The molecule has 20 heavy (non-hydrogen) atoms. The van der Waals surface area contributed by atoms with Gasteiger partial charge in [0.25, 0.3) is 0 Å². The summed E-state index contributed by atoms with van der Waals surface area (Å²) in [7, 11) is 1.44. The summed E-state index contributed by atoms with van der Waals surface area (Å²) in [4.78, 5) is 13.6. The number of hydrogen-bond donors (Lipinski definition) is 2. The van der Waals surface area contributed by atoms with Crippen molar-refractivity contribution >= 4 is 6.09 Å². The zero-order valence-corrected chi connectivity index (χ0v) is 12.5. The number of amides is 1. The lowest BCUT2D eigenvalue weighted by Crippen LogP contribution is -2.53. The molecule has 5 nitrogen and oxygen atoms in total. The van der Waals surface area contributed by atoms with Gasteiger partial charge in [0.05, 0.1) is 7.11 Å². The third kappa shape index (κ3) is 4.35. The summed E-state index contributed by atoms with van der Waals surface area (Å²) < 4.78 is 4.87. The first-order chi connectivity index (χ1) is 9.72. The molecule has 0 aromatic carbocycles. The molecule has 1 saturated carbocycles. The molecule has 0 bridgehead atoms.